The van der Waals surface area contributed by atoms with Gasteiger partial charge in [0.1, 0.15) is 10.8 Å². The Bertz CT molecular complexity index is 560. The van der Waals surface area contributed by atoms with Gasteiger partial charge in [0.25, 0.3) is 0 Å². The number of thiazole rings is 1. The van der Waals surface area contributed by atoms with Crippen molar-refractivity contribution in [3.05, 3.63) is 34.7 Å². The highest BCUT2D eigenvalue weighted by molar-refractivity contribution is 7.10. The molecule has 0 spiro atoms. The minimum absolute atomic E-state index is 0.0599. The lowest BCUT2D eigenvalue weighted by molar-refractivity contribution is -0.121. The van der Waals surface area contributed by atoms with Crippen molar-refractivity contribution in [3.63, 3.8) is 0 Å². The summed E-state index contributed by atoms with van der Waals surface area (Å²) in [4.78, 5) is 16.1. The molecule has 1 aromatic heterocycles. The van der Waals surface area contributed by atoms with Crippen LogP contribution in [0.1, 0.15) is 18.9 Å². The Kier molecular flexibility index (Phi) is 3.77. The second-order valence-corrected chi connectivity index (χ2v) is 5.49. The minimum Gasteiger partial charge on any atom is -0.399 e. The molecular weight excluding hydrogens is 244 g/mol. The fourth-order valence-corrected chi connectivity index (χ4v) is 2.39. The highest BCUT2D eigenvalue weighted by Gasteiger charge is 2.12. The van der Waals surface area contributed by atoms with Gasteiger partial charge >= 0.3 is 0 Å². The molecule has 0 aliphatic carbocycles. The molecule has 1 aromatic carbocycles. The quantitative estimate of drug-likeness (QED) is 0.859. The third-order valence-corrected chi connectivity index (χ3v) is 3.55. The van der Waals surface area contributed by atoms with Gasteiger partial charge in [-0.3, -0.25) is 4.79 Å². The van der Waals surface area contributed by atoms with E-state index in [9.17, 15) is 4.79 Å². The van der Waals surface area contributed by atoms with Crippen molar-refractivity contribution in [2.75, 3.05) is 5.73 Å². The van der Waals surface area contributed by atoms with Gasteiger partial charge in [0.15, 0.2) is 0 Å². The molecule has 0 amide bonds. The molecule has 0 aliphatic heterocycles. The number of nitrogens with zero attached hydrogens (tertiary/aromatic N) is 1. The Morgan fingerprint density at radius 2 is 2.22 bits per heavy atom. The van der Waals surface area contributed by atoms with Crippen LogP contribution in [-0.4, -0.2) is 10.8 Å². The second-order valence-electron chi connectivity index (χ2n) is 4.55. The number of aromatic nitrogens is 1. The van der Waals surface area contributed by atoms with E-state index in [1.807, 2.05) is 43.5 Å². The van der Waals surface area contributed by atoms with Crippen LogP contribution in [0.5, 0.6) is 0 Å². The first-order valence-electron chi connectivity index (χ1n) is 5.89. The summed E-state index contributed by atoms with van der Waals surface area (Å²) in [5, 5.41) is 2.84. The summed E-state index contributed by atoms with van der Waals surface area (Å²) in [7, 11) is 0. The molecule has 94 valence electrons. The normalized spacial score (nSPS) is 10.8. The molecule has 0 unspecified atom stereocenters. The van der Waals surface area contributed by atoms with E-state index in [1.165, 1.54) is 11.3 Å². The number of Topliss-reactive ketones (excluding diaryl/α,β-unsaturated/α-hetero) is 1. The summed E-state index contributed by atoms with van der Waals surface area (Å²) in [5.74, 6) is 0.285. The van der Waals surface area contributed by atoms with Crippen LogP contribution in [-0.2, 0) is 11.2 Å². The molecule has 0 saturated heterocycles. The number of benzene rings is 1. The molecular formula is C14H16N2OS. The largest absolute Gasteiger partial charge is 0.399 e. The summed E-state index contributed by atoms with van der Waals surface area (Å²) < 4.78 is 0. The highest BCUT2D eigenvalue weighted by Crippen LogP contribution is 2.24. The average molecular weight is 260 g/mol. The van der Waals surface area contributed by atoms with Gasteiger partial charge in [0, 0.05) is 22.5 Å². The molecule has 0 saturated carbocycles. The number of carbonyl (C=O) groups is 1. The fraction of sp³-hybridized carbons (Fsp3) is 0.286. The van der Waals surface area contributed by atoms with Crippen LogP contribution in [0, 0.1) is 5.92 Å². The van der Waals surface area contributed by atoms with E-state index in [0.29, 0.717) is 6.42 Å². The van der Waals surface area contributed by atoms with E-state index >= 15 is 0 Å². The summed E-state index contributed by atoms with van der Waals surface area (Å²) in [6.45, 7) is 3.82. The molecule has 0 bridgehead atoms. The lowest BCUT2D eigenvalue weighted by atomic mass is 10.1. The number of hydrogen-bond donors (Lipinski definition) is 1. The maximum absolute atomic E-state index is 11.7. The summed E-state index contributed by atoms with van der Waals surface area (Å²) >= 11 is 1.52. The van der Waals surface area contributed by atoms with Crippen LogP contribution in [0.15, 0.2) is 29.6 Å². The third kappa shape index (κ3) is 2.96. The maximum atomic E-state index is 11.7. The number of ketones is 1. The van der Waals surface area contributed by atoms with Crippen molar-refractivity contribution >= 4 is 22.8 Å². The highest BCUT2D eigenvalue weighted by atomic mass is 32.1. The van der Waals surface area contributed by atoms with Crippen LogP contribution < -0.4 is 5.73 Å². The van der Waals surface area contributed by atoms with Crippen LogP contribution in [0.4, 0.5) is 5.69 Å². The topological polar surface area (TPSA) is 56.0 Å². The van der Waals surface area contributed by atoms with Crippen LogP contribution in [0.3, 0.4) is 0 Å². The van der Waals surface area contributed by atoms with E-state index in [-0.39, 0.29) is 11.7 Å². The molecule has 0 fully saturated rings. The van der Waals surface area contributed by atoms with Gasteiger partial charge in [-0.2, -0.15) is 0 Å². The summed E-state index contributed by atoms with van der Waals surface area (Å²) in [6, 6.07) is 7.62. The van der Waals surface area contributed by atoms with Gasteiger partial charge in [-0.1, -0.05) is 26.0 Å². The third-order valence-electron chi connectivity index (χ3n) is 2.70. The number of anilines is 1. The SMILES string of the molecule is CC(C)C(=O)Cc1nc(-c2cccc(N)c2)cs1. The van der Waals surface area contributed by atoms with Crippen molar-refractivity contribution in [2.45, 2.75) is 20.3 Å². The molecule has 0 radical (unpaired) electrons. The van der Waals surface area contributed by atoms with Crippen molar-refractivity contribution < 1.29 is 4.79 Å². The maximum Gasteiger partial charge on any atom is 0.142 e. The molecule has 3 nitrogen and oxygen atoms in total. The van der Waals surface area contributed by atoms with Crippen LogP contribution in [0.25, 0.3) is 11.3 Å². The summed E-state index contributed by atoms with van der Waals surface area (Å²) in [5.41, 5.74) is 8.35. The smallest absolute Gasteiger partial charge is 0.142 e. The molecule has 0 aliphatic rings. The van der Waals surface area contributed by atoms with Crippen molar-refractivity contribution in [1.29, 1.82) is 0 Å². The zero-order chi connectivity index (χ0) is 13.1. The minimum atomic E-state index is 0.0599. The first-order valence-corrected chi connectivity index (χ1v) is 6.77. The number of hydrogen-bond acceptors (Lipinski definition) is 4. The van der Waals surface area contributed by atoms with Gasteiger partial charge in [-0.05, 0) is 12.1 Å². The number of nitrogen functional groups attached to an aromatic ring is 1. The molecule has 1 heterocycles. The Morgan fingerprint density at radius 1 is 1.44 bits per heavy atom. The first kappa shape index (κ1) is 12.8. The number of rotatable bonds is 4. The van der Waals surface area contributed by atoms with Gasteiger partial charge in [0.05, 0.1) is 12.1 Å². The van der Waals surface area contributed by atoms with E-state index in [1.54, 1.807) is 0 Å². The van der Waals surface area contributed by atoms with Crippen LogP contribution in [0.2, 0.25) is 0 Å². The molecule has 0 atom stereocenters. The Balaban J connectivity index is 2.18. The first-order chi connectivity index (χ1) is 8.56. The van der Waals surface area contributed by atoms with E-state index in [4.69, 9.17) is 5.73 Å². The monoisotopic (exact) mass is 260 g/mol. The van der Waals surface area contributed by atoms with Crippen LogP contribution >= 0.6 is 11.3 Å². The van der Waals surface area contributed by atoms with Crippen molar-refractivity contribution in [1.82, 2.24) is 4.98 Å². The Morgan fingerprint density at radius 3 is 2.89 bits per heavy atom. The van der Waals surface area contributed by atoms with Crippen molar-refractivity contribution in [3.8, 4) is 11.3 Å². The molecule has 4 heteroatoms. The molecule has 2 rings (SSSR count). The van der Waals surface area contributed by atoms with Gasteiger partial charge in [0.2, 0.25) is 0 Å². The lowest BCUT2D eigenvalue weighted by Gasteiger charge is -2.00. The van der Waals surface area contributed by atoms with Gasteiger partial charge in [-0.25, -0.2) is 4.98 Å². The average Bonchev–Trinajstić information content (AvgIpc) is 2.77. The fourth-order valence-electron chi connectivity index (χ4n) is 1.58. The second kappa shape index (κ2) is 5.31. The lowest BCUT2D eigenvalue weighted by Crippen LogP contribution is -2.09. The van der Waals surface area contributed by atoms with E-state index in [2.05, 4.69) is 4.98 Å². The molecule has 2 N–H and O–H groups in total. The van der Waals surface area contributed by atoms with Crippen molar-refractivity contribution in [2.24, 2.45) is 5.92 Å². The Hall–Kier alpha value is -1.68. The number of nitrogens with two attached hydrogens (primary N) is 1. The zero-order valence-corrected chi connectivity index (χ0v) is 11.3. The van der Waals surface area contributed by atoms with E-state index in [0.717, 1.165) is 22.0 Å². The molecule has 2 aromatic rings. The predicted molar refractivity (Wildman–Crippen MR) is 75.5 cm³/mol. The predicted octanol–water partition coefficient (Wildman–Crippen LogP) is 3.16. The number of carbonyl (C=O) groups excluding carboxylic acids is 1. The Labute approximate surface area is 111 Å². The summed E-state index contributed by atoms with van der Waals surface area (Å²) in [6.07, 6.45) is 0.421. The van der Waals surface area contributed by atoms with Gasteiger partial charge in [-0.15, -0.1) is 11.3 Å². The molecule has 18 heavy (non-hydrogen) atoms. The zero-order valence-electron chi connectivity index (χ0n) is 10.5. The van der Waals surface area contributed by atoms with Gasteiger partial charge < -0.3 is 5.73 Å². The van der Waals surface area contributed by atoms with E-state index < -0.39 is 0 Å². The standard InChI is InChI=1S/C14H16N2OS/c1-9(2)13(17)7-14-16-12(8-18-14)10-4-3-5-11(15)6-10/h3-6,8-9H,7,15H2,1-2H3.